The van der Waals surface area contributed by atoms with Gasteiger partial charge in [-0.3, -0.25) is 0 Å². The lowest BCUT2D eigenvalue weighted by Crippen LogP contribution is -2.56. The number of hydrogen-bond acceptors (Lipinski definition) is 3. The molecule has 1 heterocycles. The molecular weight excluding hydrogens is 344 g/mol. The first kappa shape index (κ1) is 15.9. The summed E-state index contributed by atoms with van der Waals surface area (Å²) in [5.41, 5.74) is 0.312. The zero-order valence-corrected chi connectivity index (χ0v) is 15.3. The molecule has 9 atom stereocenters. The lowest BCUT2D eigenvalue weighted by Gasteiger charge is -2.60. The van der Waals surface area contributed by atoms with Gasteiger partial charge in [0.05, 0.1) is 12.7 Å². The second kappa shape index (κ2) is 5.18. The van der Waals surface area contributed by atoms with Crippen LogP contribution in [0.1, 0.15) is 52.4 Å². The maximum Gasteiger partial charge on any atom is 0.154 e. The second-order valence-corrected chi connectivity index (χ2v) is 10.1. The van der Waals surface area contributed by atoms with Crippen LogP contribution in [0.3, 0.4) is 0 Å². The highest BCUT2D eigenvalue weighted by molar-refractivity contribution is 9.09. The van der Waals surface area contributed by atoms with E-state index in [9.17, 15) is 10.2 Å². The predicted molar refractivity (Wildman–Crippen MR) is 88.6 cm³/mol. The number of aliphatic hydroxyl groups is 2. The van der Waals surface area contributed by atoms with E-state index in [4.69, 9.17) is 4.74 Å². The normalized spacial score (nSPS) is 61.2. The average molecular weight is 373 g/mol. The van der Waals surface area contributed by atoms with E-state index in [-0.39, 0.29) is 21.8 Å². The van der Waals surface area contributed by atoms with Crippen molar-refractivity contribution in [2.75, 3.05) is 6.61 Å². The molecule has 0 radical (unpaired) electrons. The molecule has 126 valence electrons. The third-order valence-corrected chi connectivity index (χ3v) is 8.95. The van der Waals surface area contributed by atoms with Crippen molar-refractivity contribution in [3.63, 3.8) is 0 Å². The van der Waals surface area contributed by atoms with E-state index in [0.29, 0.717) is 24.4 Å². The van der Waals surface area contributed by atoms with Crippen LogP contribution in [0.5, 0.6) is 0 Å². The van der Waals surface area contributed by atoms with Gasteiger partial charge in [0.1, 0.15) is 0 Å². The fourth-order valence-electron chi connectivity index (χ4n) is 6.68. The average Bonchev–Trinajstić information content (AvgIpc) is 2.72. The summed E-state index contributed by atoms with van der Waals surface area (Å²) in [5.74, 6) is 2.65. The highest BCUT2D eigenvalue weighted by atomic mass is 79.9. The Hall–Kier alpha value is 0.360. The molecule has 22 heavy (non-hydrogen) atoms. The molecule has 3 saturated carbocycles. The standard InChI is InChI=1S/C18H29BrO3/c1-17-6-5-12-11(13(17)8-14(19)16(17)21)4-3-10-7-15(20)22-9-18(10,12)2/h10-16,20-21H,3-9H2,1-2H3/t10?,11-,12-,13+,14?,15?,16?,17+,18+/m1/s1. The lowest BCUT2D eigenvalue weighted by molar-refractivity contribution is -0.227. The summed E-state index contributed by atoms with van der Waals surface area (Å²) in [4.78, 5) is 0.260. The van der Waals surface area contributed by atoms with Crippen molar-refractivity contribution in [3.05, 3.63) is 0 Å². The maximum atomic E-state index is 10.7. The summed E-state index contributed by atoms with van der Waals surface area (Å²) in [5, 5.41) is 20.5. The van der Waals surface area contributed by atoms with Crippen LogP contribution in [0.25, 0.3) is 0 Å². The number of alkyl halides is 1. The molecule has 0 aromatic carbocycles. The molecule has 0 aromatic rings. The summed E-state index contributed by atoms with van der Waals surface area (Å²) in [6.45, 7) is 5.43. The van der Waals surface area contributed by atoms with Crippen molar-refractivity contribution in [3.8, 4) is 0 Å². The van der Waals surface area contributed by atoms with E-state index in [1.165, 1.54) is 19.3 Å². The van der Waals surface area contributed by atoms with Crippen LogP contribution < -0.4 is 0 Å². The monoisotopic (exact) mass is 372 g/mol. The van der Waals surface area contributed by atoms with Crippen molar-refractivity contribution < 1.29 is 14.9 Å². The second-order valence-electron chi connectivity index (χ2n) is 8.90. The minimum Gasteiger partial charge on any atom is -0.391 e. The van der Waals surface area contributed by atoms with Crippen molar-refractivity contribution in [1.82, 2.24) is 0 Å². The molecule has 2 N–H and O–H groups in total. The van der Waals surface area contributed by atoms with Crippen molar-refractivity contribution in [2.24, 2.45) is 34.5 Å². The van der Waals surface area contributed by atoms with Crippen molar-refractivity contribution >= 4 is 15.9 Å². The molecule has 4 heteroatoms. The summed E-state index contributed by atoms with van der Waals surface area (Å²) in [7, 11) is 0. The molecule has 0 aromatic heterocycles. The van der Waals surface area contributed by atoms with E-state index in [0.717, 1.165) is 25.2 Å². The Morgan fingerprint density at radius 1 is 1.00 bits per heavy atom. The number of hydrogen-bond donors (Lipinski definition) is 2. The number of ether oxygens (including phenoxy) is 1. The largest absolute Gasteiger partial charge is 0.391 e. The Kier molecular flexibility index (Phi) is 3.73. The van der Waals surface area contributed by atoms with E-state index in [1.807, 2.05) is 0 Å². The summed E-state index contributed by atoms with van der Waals surface area (Å²) in [6.07, 6.45) is 6.00. The molecule has 3 nitrogen and oxygen atoms in total. The smallest absolute Gasteiger partial charge is 0.154 e. The van der Waals surface area contributed by atoms with Crippen LogP contribution in [-0.2, 0) is 4.74 Å². The molecule has 4 rings (SSSR count). The Labute approximate surface area is 141 Å². The molecule has 0 bridgehead atoms. The van der Waals surface area contributed by atoms with Gasteiger partial charge in [-0.2, -0.15) is 0 Å². The van der Waals surface area contributed by atoms with Gasteiger partial charge < -0.3 is 14.9 Å². The molecule has 4 aliphatic rings. The molecule has 4 unspecified atom stereocenters. The van der Waals surface area contributed by atoms with E-state index in [1.54, 1.807) is 0 Å². The number of rotatable bonds is 0. The van der Waals surface area contributed by atoms with Crippen LogP contribution in [0.15, 0.2) is 0 Å². The lowest BCUT2D eigenvalue weighted by atomic mass is 9.47. The topological polar surface area (TPSA) is 49.7 Å². The summed E-state index contributed by atoms with van der Waals surface area (Å²) in [6, 6.07) is 0. The van der Waals surface area contributed by atoms with E-state index in [2.05, 4.69) is 29.8 Å². The third kappa shape index (κ3) is 2.03. The fourth-order valence-corrected chi connectivity index (χ4v) is 7.68. The van der Waals surface area contributed by atoms with Crippen molar-refractivity contribution in [1.29, 1.82) is 0 Å². The van der Waals surface area contributed by atoms with Gasteiger partial charge >= 0.3 is 0 Å². The Morgan fingerprint density at radius 3 is 2.55 bits per heavy atom. The highest BCUT2D eigenvalue weighted by Gasteiger charge is 2.62. The number of fused-ring (bicyclic) bond motifs is 5. The first-order valence-electron chi connectivity index (χ1n) is 8.98. The fraction of sp³-hybridized carbons (Fsp3) is 1.00. The van der Waals surface area contributed by atoms with Gasteiger partial charge in [0.15, 0.2) is 6.29 Å². The van der Waals surface area contributed by atoms with Gasteiger partial charge in [0.2, 0.25) is 0 Å². The molecule has 0 spiro atoms. The van der Waals surface area contributed by atoms with Crippen LogP contribution in [0.2, 0.25) is 0 Å². The first-order valence-corrected chi connectivity index (χ1v) is 9.89. The summed E-state index contributed by atoms with van der Waals surface area (Å²) < 4.78 is 5.67. The number of halogens is 1. The Morgan fingerprint density at radius 2 is 1.77 bits per heavy atom. The molecule has 4 fully saturated rings. The van der Waals surface area contributed by atoms with Crippen LogP contribution in [0.4, 0.5) is 0 Å². The molecule has 1 saturated heterocycles. The summed E-state index contributed by atoms with van der Waals surface area (Å²) >= 11 is 3.73. The highest BCUT2D eigenvalue weighted by Crippen LogP contribution is 2.65. The van der Waals surface area contributed by atoms with E-state index < -0.39 is 6.29 Å². The Bertz CT molecular complexity index is 458. The van der Waals surface area contributed by atoms with Gasteiger partial charge in [-0.05, 0) is 66.6 Å². The van der Waals surface area contributed by atoms with E-state index >= 15 is 0 Å². The molecule has 3 aliphatic carbocycles. The Balaban J connectivity index is 1.63. The van der Waals surface area contributed by atoms with Crippen LogP contribution >= 0.6 is 15.9 Å². The van der Waals surface area contributed by atoms with Gasteiger partial charge in [0.25, 0.3) is 0 Å². The quantitative estimate of drug-likeness (QED) is 0.641. The molecule has 0 amide bonds. The maximum absolute atomic E-state index is 10.7. The molecular formula is C18H29BrO3. The zero-order valence-electron chi connectivity index (χ0n) is 13.7. The number of aliphatic hydroxyl groups excluding tert-OH is 2. The third-order valence-electron chi connectivity index (χ3n) is 8.07. The van der Waals surface area contributed by atoms with Gasteiger partial charge in [-0.1, -0.05) is 29.8 Å². The SMILES string of the molecule is C[C@]12COC(O)CC1CC[C@@H]1[C@H]2CC[C@]2(C)C(O)C(Br)C[C@@H]12. The van der Waals surface area contributed by atoms with Gasteiger partial charge in [0, 0.05) is 11.2 Å². The minimum absolute atomic E-state index is 0.0908. The van der Waals surface area contributed by atoms with Crippen molar-refractivity contribution in [2.45, 2.75) is 69.6 Å². The minimum atomic E-state index is -0.552. The van der Waals surface area contributed by atoms with Gasteiger partial charge in [-0.25, -0.2) is 0 Å². The molecule has 1 aliphatic heterocycles. The van der Waals surface area contributed by atoms with Crippen LogP contribution in [0, 0.1) is 34.5 Å². The first-order chi connectivity index (χ1) is 10.4. The van der Waals surface area contributed by atoms with Gasteiger partial charge in [-0.15, -0.1) is 0 Å². The predicted octanol–water partition coefficient (Wildman–Crippen LogP) is 3.32. The zero-order chi connectivity index (χ0) is 15.7. The van der Waals surface area contributed by atoms with Crippen LogP contribution in [-0.4, -0.2) is 34.0 Å².